The van der Waals surface area contributed by atoms with Gasteiger partial charge < -0.3 is 14.8 Å². The van der Waals surface area contributed by atoms with Crippen molar-refractivity contribution in [3.8, 4) is 18.1 Å². The highest BCUT2D eigenvalue weighted by atomic mass is 16.5. The van der Waals surface area contributed by atoms with Crippen LogP contribution in [0.2, 0.25) is 0 Å². The number of methoxy groups -OCH3 is 1. The summed E-state index contributed by atoms with van der Waals surface area (Å²) in [6.45, 7) is 1.77. The van der Waals surface area contributed by atoms with E-state index in [9.17, 15) is 9.59 Å². The zero-order valence-corrected chi connectivity index (χ0v) is 10.8. The summed E-state index contributed by atoms with van der Waals surface area (Å²) in [5.74, 6) is 2.07. The molecule has 0 spiro atoms. The van der Waals surface area contributed by atoms with Crippen LogP contribution in [0, 0.1) is 12.3 Å². The van der Waals surface area contributed by atoms with Crippen molar-refractivity contribution in [2.24, 2.45) is 0 Å². The highest BCUT2D eigenvalue weighted by Crippen LogP contribution is 2.14. The SMILES string of the molecule is C#CCNC(=O)C(C)Oc1ccc(C(=O)OC)cc1. The van der Waals surface area contributed by atoms with Gasteiger partial charge in [0, 0.05) is 0 Å². The molecule has 19 heavy (non-hydrogen) atoms. The second-order valence-electron chi connectivity index (χ2n) is 3.70. The van der Waals surface area contributed by atoms with Crippen molar-refractivity contribution >= 4 is 11.9 Å². The number of terminal acetylenes is 1. The van der Waals surface area contributed by atoms with Gasteiger partial charge in [0.05, 0.1) is 19.2 Å². The van der Waals surface area contributed by atoms with E-state index in [-0.39, 0.29) is 12.5 Å². The molecule has 1 amide bonds. The van der Waals surface area contributed by atoms with Gasteiger partial charge in [-0.05, 0) is 31.2 Å². The van der Waals surface area contributed by atoms with Crippen LogP contribution >= 0.6 is 0 Å². The van der Waals surface area contributed by atoms with E-state index < -0.39 is 12.1 Å². The number of ether oxygens (including phenoxy) is 2. The first-order valence-electron chi connectivity index (χ1n) is 5.64. The number of carbonyl (C=O) groups is 2. The third-order valence-corrected chi connectivity index (χ3v) is 2.32. The third kappa shape index (κ3) is 4.36. The number of carbonyl (C=O) groups excluding carboxylic acids is 2. The highest BCUT2D eigenvalue weighted by Gasteiger charge is 2.14. The van der Waals surface area contributed by atoms with E-state index >= 15 is 0 Å². The van der Waals surface area contributed by atoms with Crippen LogP contribution in [0.25, 0.3) is 0 Å². The van der Waals surface area contributed by atoms with Crippen LogP contribution in [0.1, 0.15) is 17.3 Å². The fraction of sp³-hybridized carbons (Fsp3) is 0.286. The first kappa shape index (κ1) is 14.6. The molecule has 100 valence electrons. The van der Waals surface area contributed by atoms with Crippen LogP contribution in [0.5, 0.6) is 5.75 Å². The minimum atomic E-state index is -0.669. The van der Waals surface area contributed by atoms with Gasteiger partial charge in [-0.3, -0.25) is 4.79 Å². The largest absolute Gasteiger partial charge is 0.481 e. The minimum absolute atomic E-state index is 0.161. The van der Waals surface area contributed by atoms with Crippen molar-refractivity contribution in [2.45, 2.75) is 13.0 Å². The monoisotopic (exact) mass is 261 g/mol. The summed E-state index contributed by atoms with van der Waals surface area (Å²) in [5, 5.41) is 2.52. The van der Waals surface area contributed by atoms with Gasteiger partial charge in [0.2, 0.25) is 0 Å². The lowest BCUT2D eigenvalue weighted by molar-refractivity contribution is -0.127. The Morgan fingerprint density at radius 1 is 1.37 bits per heavy atom. The van der Waals surface area contributed by atoms with Crippen LogP contribution in [-0.2, 0) is 9.53 Å². The average molecular weight is 261 g/mol. The molecular weight excluding hydrogens is 246 g/mol. The molecule has 1 aromatic carbocycles. The lowest BCUT2D eigenvalue weighted by atomic mass is 10.2. The molecule has 0 saturated heterocycles. The Hall–Kier alpha value is -2.48. The molecule has 1 rings (SSSR count). The van der Waals surface area contributed by atoms with Gasteiger partial charge in [-0.1, -0.05) is 5.92 Å². The number of nitrogens with one attached hydrogen (secondary N) is 1. The fourth-order valence-electron chi connectivity index (χ4n) is 1.33. The summed E-state index contributed by atoms with van der Waals surface area (Å²) >= 11 is 0. The molecule has 0 aromatic heterocycles. The molecule has 0 fully saturated rings. The molecule has 5 heteroatoms. The molecule has 0 heterocycles. The zero-order valence-electron chi connectivity index (χ0n) is 10.8. The van der Waals surface area contributed by atoms with Crippen molar-refractivity contribution in [1.29, 1.82) is 0 Å². The molecule has 1 N–H and O–H groups in total. The number of esters is 1. The highest BCUT2D eigenvalue weighted by molar-refractivity contribution is 5.89. The Labute approximate surface area is 111 Å². The van der Waals surface area contributed by atoms with E-state index in [1.54, 1.807) is 31.2 Å². The van der Waals surface area contributed by atoms with Crippen molar-refractivity contribution in [2.75, 3.05) is 13.7 Å². The Morgan fingerprint density at radius 3 is 2.53 bits per heavy atom. The Bertz CT molecular complexity index is 487. The van der Waals surface area contributed by atoms with Gasteiger partial charge >= 0.3 is 5.97 Å². The second-order valence-corrected chi connectivity index (χ2v) is 3.70. The number of benzene rings is 1. The fourth-order valence-corrected chi connectivity index (χ4v) is 1.33. The maximum absolute atomic E-state index is 11.5. The molecule has 0 bridgehead atoms. The molecule has 1 unspecified atom stereocenters. The van der Waals surface area contributed by atoms with Gasteiger partial charge in [-0.15, -0.1) is 6.42 Å². The van der Waals surface area contributed by atoms with Gasteiger partial charge in [-0.25, -0.2) is 4.79 Å². The summed E-state index contributed by atoms with van der Waals surface area (Å²) < 4.78 is 9.99. The van der Waals surface area contributed by atoms with E-state index in [1.807, 2.05) is 0 Å². The molecule has 0 aliphatic rings. The standard InChI is InChI=1S/C14H15NO4/c1-4-9-15-13(16)10(2)19-12-7-5-11(6-8-12)14(17)18-3/h1,5-8,10H,9H2,2-3H3,(H,15,16). The maximum atomic E-state index is 11.5. The van der Waals surface area contributed by atoms with E-state index in [2.05, 4.69) is 16.0 Å². The molecule has 0 radical (unpaired) electrons. The Balaban J connectivity index is 2.60. The van der Waals surface area contributed by atoms with Gasteiger partial charge in [0.25, 0.3) is 5.91 Å². The molecule has 0 aliphatic carbocycles. The molecule has 1 atom stereocenters. The smallest absolute Gasteiger partial charge is 0.337 e. The van der Waals surface area contributed by atoms with Crippen molar-refractivity contribution in [1.82, 2.24) is 5.32 Å². The predicted octanol–water partition coefficient (Wildman–Crippen LogP) is 0.990. The first-order chi connectivity index (χ1) is 9.08. The van der Waals surface area contributed by atoms with Crippen LogP contribution < -0.4 is 10.1 Å². The zero-order chi connectivity index (χ0) is 14.3. The van der Waals surface area contributed by atoms with Crippen LogP contribution in [0.15, 0.2) is 24.3 Å². The number of rotatable bonds is 5. The van der Waals surface area contributed by atoms with Crippen molar-refractivity contribution < 1.29 is 19.1 Å². The summed E-state index contributed by atoms with van der Waals surface area (Å²) in [7, 11) is 1.31. The average Bonchev–Trinajstić information content (AvgIpc) is 2.44. The topological polar surface area (TPSA) is 64.6 Å². The lowest BCUT2D eigenvalue weighted by Gasteiger charge is -2.13. The van der Waals surface area contributed by atoms with Gasteiger partial charge in [0.1, 0.15) is 5.75 Å². The normalized spacial score (nSPS) is 11.0. The van der Waals surface area contributed by atoms with Crippen molar-refractivity contribution in [3.05, 3.63) is 29.8 Å². The number of hydrogen-bond donors (Lipinski definition) is 1. The number of amides is 1. The quantitative estimate of drug-likeness (QED) is 0.634. The van der Waals surface area contributed by atoms with E-state index in [4.69, 9.17) is 11.2 Å². The van der Waals surface area contributed by atoms with Crippen LogP contribution in [0.3, 0.4) is 0 Å². The maximum Gasteiger partial charge on any atom is 0.337 e. The third-order valence-electron chi connectivity index (χ3n) is 2.32. The van der Waals surface area contributed by atoms with E-state index in [1.165, 1.54) is 7.11 Å². The van der Waals surface area contributed by atoms with Gasteiger partial charge in [0.15, 0.2) is 6.10 Å². The van der Waals surface area contributed by atoms with Crippen LogP contribution in [-0.4, -0.2) is 31.6 Å². The van der Waals surface area contributed by atoms with Crippen molar-refractivity contribution in [3.63, 3.8) is 0 Å². The second kappa shape index (κ2) is 7.07. The summed E-state index contributed by atoms with van der Waals surface area (Å²) in [6.07, 6.45) is 4.37. The van der Waals surface area contributed by atoms with E-state index in [0.717, 1.165) is 0 Å². The van der Waals surface area contributed by atoms with Crippen LogP contribution in [0.4, 0.5) is 0 Å². The van der Waals surface area contributed by atoms with E-state index in [0.29, 0.717) is 11.3 Å². The molecule has 5 nitrogen and oxygen atoms in total. The Morgan fingerprint density at radius 2 is 2.00 bits per heavy atom. The number of hydrogen-bond acceptors (Lipinski definition) is 4. The van der Waals surface area contributed by atoms with Gasteiger partial charge in [-0.2, -0.15) is 0 Å². The summed E-state index contributed by atoms with van der Waals surface area (Å²) in [6, 6.07) is 6.31. The predicted molar refractivity (Wildman–Crippen MR) is 69.7 cm³/mol. The Kier molecular flexibility index (Phi) is 5.42. The molecular formula is C14H15NO4. The molecule has 1 aromatic rings. The summed E-state index contributed by atoms with van der Waals surface area (Å²) in [4.78, 5) is 22.7. The molecule has 0 aliphatic heterocycles. The minimum Gasteiger partial charge on any atom is -0.481 e. The first-order valence-corrected chi connectivity index (χ1v) is 5.64. The lowest BCUT2D eigenvalue weighted by Crippen LogP contribution is -2.36. The molecule has 0 saturated carbocycles. The summed E-state index contributed by atoms with van der Waals surface area (Å²) in [5.41, 5.74) is 0.416.